The summed E-state index contributed by atoms with van der Waals surface area (Å²) in [6, 6.07) is 5.84. The second-order valence-corrected chi connectivity index (χ2v) is 10.5. The molecule has 4 heterocycles. The van der Waals surface area contributed by atoms with Crippen molar-refractivity contribution >= 4 is 44.7 Å². The minimum absolute atomic E-state index is 0.0916. The van der Waals surface area contributed by atoms with E-state index >= 15 is 0 Å². The van der Waals surface area contributed by atoms with Crippen LogP contribution in [-0.4, -0.2) is 66.0 Å². The van der Waals surface area contributed by atoms with Gasteiger partial charge in [-0.2, -0.15) is 0 Å². The van der Waals surface area contributed by atoms with Crippen molar-refractivity contribution in [2.75, 3.05) is 49.5 Å². The third kappa shape index (κ3) is 5.01. The molecule has 2 N–H and O–H groups in total. The molecule has 3 aromatic rings. The second kappa shape index (κ2) is 10.3. The molecule has 0 radical (unpaired) electrons. The molecule has 1 atom stereocenters. The van der Waals surface area contributed by atoms with E-state index in [1.807, 2.05) is 38.2 Å². The number of anilines is 3. The van der Waals surface area contributed by atoms with Gasteiger partial charge < -0.3 is 20.4 Å². The number of amides is 1. The van der Waals surface area contributed by atoms with Gasteiger partial charge in [0.2, 0.25) is 5.92 Å². The first-order valence-corrected chi connectivity index (χ1v) is 13.5. The van der Waals surface area contributed by atoms with Crippen LogP contribution in [0.5, 0.6) is 0 Å². The van der Waals surface area contributed by atoms with Crippen LogP contribution in [0.25, 0.3) is 10.1 Å². The predicted octanol–water partition coefficient (Wildman–Crippen LogP) is 5.23. The minimum Gasteiger partial charge on any atom is -0.368 e. The molecular weight excluding hydrogens is 482 g/mol. The number of nitrogens with zero attached hydrogens (tertiary/aromatic N) is 4. The summed E-state index contributed by atoms with van der Waals surface area (Å²) >= 11 is 1.36. The van der Waals surface area contributed by atoms with E-state index in [2.05, 4.69) is 25.5 Å². The fourth-order valence-corrected chi connectivity index (χ4v) is 6.41. The number of hydrogen-bond acceptors (Lipinski definition) is 7. The van der Waals surface area contributed by atoms with Gasteiger partial charge in [-0.25, -0.2) is 18.7 Å². The Labute approximate surface area is 213 Å². The molecule has 36 heavy (non-hydrogen) atoms. The number of piperazine rings is 1. The number of fused-ring (bicyclic) bond motifs is 1. The van der Waals surface area contributed by atoms with Crippen LogP contribution in [0.1, 0.15) is 54.3 Å². The third-order valence-corrected chi connectivity index (χ3v) is 8.30. The number of thiophene rings is 1. The van der Waals surface area contributed by atoms with Crippen molar-refractivity contribution < 1.29 is 13.6 Å². The molecule has 1 amide bonds. The zero-order valence-electron chi connectivity index (χ0n) is 20.7. The first-order chi connectivity index (χ1) is 17.4. The maximum atomic E-state index is 14.2. The molecule has 7 nitrogen and oxygen atoms in total. The quantitative estimate of drug-likeness (QED) is 0.450. The lowest BCUT2D eigenvalue weighted by Gasteiger charge is -2.29. The molecular formula is C26H32F2N6OS. The third-order valence-electron chi connectivity index (χ3n) is 7.16. The normalized spacial score (nSPS) is 19.6. The number of rotatable bonds is 7. The first kappa shape index (κ1) is 24.8. The van der Waals surface area contributed by atoms with Crippen LogP contribution >= 0.6 is 11.3 Å². The number of hydrogen-bond donors (Lipinski definition) is 2. The first-order valence-electron chi connectivity index (χ1n) is 12.7. The largest absolute Gasteiger partial charge is 0.368 e. The van der Waals surface area contributed by atoms with Crippen LogP contribution in [0.15, 0.2) is 30.6 Å². The molecule has 1 aliphatic heterocycles. The Kier molecular flexibility index (Phi) is 7.07. The van der Waals surface area contributed by atoms with E-state index in [0.29, 0.717) is 36.0 Å². The molecule has 2 fully saturated rings. The number of carbonyl (C=O) groups excluding carboxylic acids is 1. The fourth-order valence-electron chi connectivity index (χ4n) is 5.21. The molecule has 192 valence electrons. The van der Waals surface area contributed by atoms with E-state index in [0.717, 1.165) is 47.5 Å². The Hall–Kier alpha value is -2.85. The summed E-state index contributed by atoms with van der Waals surface area (Å²) in [6.45, 7) is 8.82. The zero-order valence-corrected chi connectivity index (χ0v) is 21.5. The summed E-state index contributed by atoms with van der Waals surface area (Å²) in [7, 11) is 0. The number of aromatic nitrogens is 2. The maximum Gasteiger partial charge on any atom is 0.264 e. The van der Waals surface area contributed by atoms with E-state index in [1.165, 1.54) is 11.3 Å². The van der Waals surface area contributed by atoms with Crippen LogP contribution in [-0.2, 0) is 0 Å². The summed E-state index contributed by atoms with van der Waals surface area (Å²) in [5.41, 5.74) is 1.82. The van der Waals surface area contributed by atoms with Crippen molar-refractivity contribution in [3.8, 4) is 0 Å². The lowest BCUT2D eigenvalue weighted by atomic mass is 9.94. The Bertz CT molecular complexity index is 1220. The summed E-state index contributed by atoms with van der Waals surface area (Å²) in [5, 5.41) is 7.43. The highest BCUT2D eigenvalue weighted by atomic mass is 32.1. The Morgan fingerprint density at radius 2 is 1.94 bits per heavy atom. The van der Waals surface area contributed by atoms with Crippen molar-refractivity contribution in [1.29, 1.82) is 0 Å². The van der Waals surface area contributed by atoms with Gasteiger partial charge >= 0.3 is 0 Å². The molecule has 0 spiro atoms. The topological polar surface area (TPSA) is 73.4 Å². The smallest absolute Gasteiger partial charge is 0.264 e. The van der Waals surface area contributed by atoms with Gasteiger partial charge in [0.05, 0.1) is 21.5 Å². The Morgan fingerprint density at radius 1 is 1.19 bits per heavy atom. The summed E-state index contributed by atoms with van der Waals surface area (Å²) in [5.74, 6) is -1.90. The van der Waals surface area contributed by atoms with Gasteiger partial charge in [-0.15, -0.1) is 11.3 Å². The highest BCUT2D eigenvalue weighted by Gasteiger charge is 2.42. The van der Waals surface area contributed by atoms with E-state index in [-0.39, 0.29) is 24.7 Å². The average Bonchev–Trinajstić information content (AvgIpc) is 3.44. The molecule has 0 bridgehead atoms. The van der Waals surface area contributed by atoms with E-state index in [1.54, 1.807) is 11.1 Å². The molecule has 0 aromatic carbocycles. The molecule has 1 saturated carbocycles. The van der Waals surface area contributed by atoms with Crippen molar-refractivity contribution in [3.05, 3.63) is 41.0 Å². The Morgan fingerprint density at radius 3 is 2.58 bits per heavy atom. The van der Waals surface area contributed by atoms with Crippen LogP contribution < -0.4 is 15.5 Å². The average molecular weight is 515 g/mol. The lowest BCUT2D eigenvalue weighted by Crippen LogP contribution is -2.43. The minimum atomic E-state index is -2.70. The van der Waals surface area contributed by atoms with Gasteiger partial charge in [-0.1, -0.05) is 0 Å². The van der Waals surface area contributed by atoms with Gasteiger partial charge in [0.25, 0.3) is 5.91 Å². The lowest BCUT2D eigenvalue weighted by molar-refractivity contribution is 0.00775. The zero-order chi connectivity index (χ0) is 25.3. The summed E-state index contributed by atoms with van der Waals surface area (Å²) in [4.78, 5) is 27.0. The number of alkyl halides is 2. The van der Waals surface area contributed by atoms with E-state index in [4.69, 9.17) is 0 Å². The molecule has 1 unspecified atom stereocenters. The standard InChI is InChI=1S/C26H32F2N6OS/c1-3-33(4-2)25(35)24-23(17-7-8-26(27,28)14-17)19-13-22(31-16-20(19)36-24)32-21-6-5-18(15-30-21)34-11-9-29-10-12-34/h5-6,13,15-17,29H,3-4,7-12,14H2,1-2H3,(H,30,31,32). The van der Waals surface area contributed by atoms with Crippen molar-refractivity contribution in [2.24, 2.45) is 0 Å². The van der Waals surface area contributed by atoms with Crippen molar-refractivity contribution in [3.63, 3.8) is 0 Å². The van der Waals surface area contributed by atoms with Gasteiger partial charge in [-0.3, -0.25) is 4.79 Å². The number of halogens is 2. The molecule has 10 heteroatoms. The summed E-state index contributed by atoms with van der Waals surface area (Å²) in [6.07, 6.45) is 3.58. The van der Waals surface area contributed by atoms with Gasteiger partial charge in [0.15, 0.2) is 0 Å². The maximum absolute atomic E-state index is 14.2. The number of nitrogens with one attached hydrogen (secondary N) is 2. The van der Waals surface area contributed by atoms with Crippen LogP contribution in [0.2, 0.25) is 0 Å². The fraction of sp³-hybridized carbons (Fsp3) is 0.500. The monoisotopic (exact) mass is 514 g/mol. The van der Waals surface area contributed by atoms with Crippen LogP contribution in [0, 0.1) is 0 Å². The molecule has 1 saturated heterocycles. The Balaban J connectivity index is 1.46. The van der Waals surface area contributed by atoms with Gasteiger partial charge in [0.1, 0.15) is 11.6 Å². The highest BCUT2D eigenvalue weighted by Crippen LogP contribution is 2.49. The summed E-state index contributed by atoms with van der Waals surface area (Å²) < 4.78 is 29.3. The molecule has 3 aromatic heterocycles. The van der Waals surface area contributed by atoms with Crippen LogP contribution in [0.4, 0.5) is 26.1 Å². The van der Waals surface area contributed by atoms with Crippen molar-refractivity contribution in [1.82, 2.24) is 20.2 Å². The van der Waals surface area contributed by atoms with Crippen LogP contribution in [0.3, 0.4) is 0 Å². The molecule has 1 aliphatic carbocycles. The highest BCUT2D eigenvalue weighted by molar-refractivity contribution is 7.21. The molecule has 2 aliphatic rings. The second-order valence-electron chi connectivity index (χ2n) is 9.45. The van der Waals surface area contributed by atoms with Gasteiger partial charge in [0, 0.05) is 63.7 Å². The van der Waals surface area contributed by atoms with Gasteiger partial charge in [-0.05, 0) is 49.9 Å². The van der Waals surface area contributed by atoms with E-state index < -0.39 is 5.92 Å². The number of pyridine rings is 2. The predicted molar refractivity (Wildman–Crippen MR) is 141 cm³/mol. The number of carbonyl (C=O) groups is 1. The SMILES string of the molecule is CCN(CC)C(=O)c1sc2cnc(Nc3ccc(N4CCNCC4)cn3)cc2c1C1CCC(F)(F)C1. The molecule has 5 rings (SSSR count). The van der Waals surface area contributed by atoms with Crippen molar-refractivity contribution in [2.45, 2.75) is 45.0 Å². The van der Waals surface area contributed by atoms with E-state index in [9.17, 15) is 13.6 Å².